The number of nitriles is 1. The first-order chi connectivity index (χ1) is 6.83. The van der Waals surface area contributed by atoms with E-state index in [1.54, 1.807) is 11.8 Å². The van der Waals surface area contributed by atoms with Crippen molar-refractivity contribution in [2.75, 3.05) is 6.26 Å². The molecule has 0 saturated heterocycles. The van der Waals surface area contributed by atoms with Crippen molar-refractivity contribution >= 4 is 11.8 Å². The van der Waals surface area contributed by atoms with Gasteiger partial charge in [-0.25, -0.2) is 0 Å². The van der Waals surface area contributed by atoms with Crippen molar-refractivity contribution in [3.8, 4) is 11.8 Å². The molecule has 1 aromatic rings. The molecule has 0 radical (unpaired) electrons. The third kappa shape index (κ3) is 2.02. The second kappa shape index (κ2) is 3.93. The summed E-state index contributed by atoms with van der Waals surface area (Å²) < 4.78 is 5.64. The average Bonchev–Trinajstić information content (AvgIpc) is 3.01. The molecule has 0 atom stereocenters. The van der Waals surface area contributed by atoms with Crippen molar-refractivity contribution in [1.29, 1.82) is 5.26 Å². The molecule has 0 N–H and O–H groups in total. The Labute approximate surface area is 87.9 Å². The number of hydrogen-bond acceptors (Lipinski definition) is 3. The number of nitrogens with zero attached hydrogens (tertiary/aromatic N) is 1. The van der Waals surface area contributed by atoms with Crippen LogP contribution in [0.2, 0.25) is 0 Å². The van der Waals surface area contributed by atoms with Crippen LogP contribution in [0.1, 0.15) is 18.4 Å². The monoisotopic (exact) mass is 205 g/mol. The van der Waals surface area contributed by atoms with Crippen molar-refractivity contribution < 1.29 is 4.74 Å². The summed E-state index contributed by atoms with van der Waals surface area (Å²) in [6, 6.07) is 7.81. The van der Waals surface area contributed by atoms with E-state index in [1.165, 1.54) is 0 Å². The standard InChI is InChI=1S/C11H11NOS/c1-14-11-6-10(13-9-4-5-9)3-2-8(11)7-12/h2-3,6,9H,4-5H2,1H3. The summed E-state index contributed by atoms with van der Waals surface area (Å²) in [7, 11) is 0. The molecule has 1 aliphatic carbocycles. The average molecular weight is 205 g/mol. The highest BCUT2D eigenvalue weighted by atomic mass is 32.2. The Morgan fingerprint density at radius 2 is 2.29 bits per heavy atom. The van der Waals surface area contributed by atoms with Crippen molar-refractivity contribution in [3.63, 3.8) is 0 Å². The molecule has 1 aliphatic rings. The molecule has 2 rings (SSSR count). The molecule has 0 spiro atoms. The maximum absolute atomic E-state index is 8.83. The van der Waals surface area contributed by atoms with Crippen molar-refractivity contribution in [1.82, 2.24) is 0 Å². The maximum Gasteiger partial charge on any atom is 0.120 e. The van der Waals surface area contributed by atoms with Crippen molar-refractivity contribution in [2.24, 2.45) is 0 Å². The Morgan fingerprint density at radius 1 is 1.50 bits per heavy atom. The van der Waals surface area contributed by atoms with Gasteiger partial charge in [-0.3, -0.25) is 0 Å². The minimum absolute atomic E-state index is 0.414. The molecule has 72 valence electrons. The molecule has 0 aromatic heterocycles. The lowest BCUT2D eigenvalue weighted by atomic mass is 10.2. The first-order valence-electron chi connectivity index (χ1n) is 4.58. The first-order valence-corrected chi connectivity index (χ1v) is 5.81. The summed E-state index contributed by atoms with van der Waals surface area (Å²) in [5.41, 5.74) is 0.723. The molecule has 2 nitrogen and oxygen atoms in total. The van der Waals surface area contributed by atoms with Crippen LogP contribution in [-0.2, 0) is 0 Å². The fourth-order valence-corrected chi connectivity index (χ4v) is 1.78. The van der Waals surface area contributed by atoms with Crippen LogP contribution in [0.3, 0.4) is 0 Å². The number of thioether (sulfide) groups is 1. The Balaban J connectivity index is 2.22. The van der Waals surface area contributed by atoms with Crippen LogP contribution in [0.5, 0.6) is 5.75 Å². The predicted octanol–water partition coefficient (Wildman–Crippen LogP) is 2.82. The summed E-state index contributed by atoms with van der Waals surface area (Å²) in [6.07, 6.45) is 4.71. The van der Waals surface area contributed by atoms with Crippen LogP contribution in [0.25, 0.3) is 0 Å². The van der Waals surface area contributed by atoms with Crippen LogP contribution in [-0.4, -0.2) is 12.4 Å². The zero-order valence-corrected chi connectivity index (χ0v) is 8.80. The van der Waals surface area contributed by atoms with E-state index < -0.39 is 0 Å². The van der Waals surface area contributed by atoms with E-state index >= 15 is 0 Å². The van der Waals surface area contributed by atoms with E-state index in [0.717, 1.165) is 29.1 Å². The van der Waals surface area contributed by atoms with Gasteiger partial charge in [-0.15, -0.1) is 11.8 Å². The van der Waals surface area contributed by atoms with Gasteiger partial charge in [-0.1, -0.05) is 0 Å². The molecular weight excluding hydrogens is 194 g/mol. The maximum atomic E-state index is 8.83. The zero-order chi connectivity index (χ0) is 9.97. The highest BCUT2D eigenvalue weighted by molar-refractivity contribution is 7.98. The van der Waals surface area contributed by atoms with Crippen LogP contribution in [0, 0.1) is 11.3 Å². The summed E-state index contributed by atoms with van der Waals surface area (Å²) in [6.45, 7) is 0. The summed E-state index contributed by atoms with van der Waals surface area (Å²) in [4.78, 5) is 0.991. The predicted molar refractivity (Wildman–Crippen MR) is 56.6 cm³/mol. The molecule has 1 saturated carbocycles. The molecule has 1 aromatic carbocycles. The van der Waals surface area contributed by atoms with Crippen LogP contribution in [0.15, 0.2) is 23.1 Å². The number of hydrogen-bond donors (Lipinski definition) is 0. The van der Waals surface area contributed by atoms with E-state index in [2.05, 4.69) is 6.07 Å². The second-order valence-corrected chi connectivity index (χ2v) is 4.14. The Morgan fingerprint density at radius 3 is 2.86 bits per heavy atom. The summed E-state index contributed by atoms with van der Waals surface area (Å²) in [5, 5.41) is 8.83. The van der Waals surface area contributed by atoms with Gasteiger partial charge in [0.15, 0.2) is 0 Å². The Bertz CT molecular complexity index is 379. The highest BCUT2D eigenvalue weighted by Crippen LogP contribution is 2.30. The fraction of sp³-hybridized carbons (Fsp3) is 0.364. The van der Waals surface area contributed by atoms with Crippen LogP contribution in [0.4, 0.5) is 0 Å². The fourth-order valence-electron chi connectivity index (χ4n) is 1.22. The van der Waals surface area contributed by atoms with Gasteiger partial charge in [0.2, 0.25) is 0 Å². The molecule has 14 heavy (non-hydrogen) atoms. The van der Waals surface area contributed by atoms with Crippen molar-refractivity contribution in [3.05, 3.63) is 23.8 Å². The van der Waals surface area contributed by atoms with Gasteiger partial charge in [0.05, 0.1) is 11.7 Å². The molecular formula is C11H11NOS. The molecule has 0 unspecified atom stereocenters. The lowest BCUT2D eigenvalue weighted by Gasteiger charge is -2.06. The van der Waals surface area contributed by atoms with Gasteiger partial charge >= 0.3 is 0 Å². The van der Waals surface area contributed by atoms with Crippen LogP contribution >= 0.6 is 11.8 Å². The summed E-state index contributed by atoms with van der Waals surface area (Å²) in [5.74, 6) is 0.885. The summed E-state index contributed by atoms with van der Waals surface area (Å²) >= 11 is 1.58. The molecule has 0 bridgehead atoms. The smallest absolute Gasteiger partial charge is 0.120 e. The Kier molecular flexibility index (Phi) is 2.64. The first kappa shape index (κ1) is 9.42. The van der Waals surface area contributed by atoms with Gasteiger partial charge in [0.25, 0.3) is 0 Å². The van der Waals surface area contributed by atoms with Gasteiger partial charge in [-0.2, -0.15) is 5.26 Å². The van der Waals surface area contributed by atoms with Gasteiger partial charge < -0.3 is 4.74 Å². The quantitative estimate of drug-likeness (QED) is 0.711. The molecule has 0 amide bonds. The van der Waals surface area contributed by atoms with E-state index in [9.17, 15) is 0 Å². The van der Waals surface area contributed by atoms with E-state index in [4.69, 9.17) is 10.00 Å². The zero-order valence-electron chi connectivity index (χ0n) is 7.99. The van der Waals surface area contributed by atoms with E-state index in [-0.39, 0.29) is 0 Å². The minimum Gasteiger partial charge on any atom is -0.490 e. The van der Waals surface area contributed by atoms with Gasteiger partial charge in [0.1, 0.15) is 11.8 Å². The lowest BCUT2D eigenvalue weighted by Crippen LogP contribution is -1.96. The van der Waals surface area contributed by atoms with Gasteiger partial charge in [0, 0.05) is 4.90 Å². The third-order valence-corrected chi connectivity index (χ3v) is 2.90. The molecule has 0 aliphatic heterocycles. The lowest BCUT2D eigenvalue weighted by molar-refractivity contribution is 0.302. The van der Waals surface area contributed by atoms with E-state index in [0.29, 0.717) is 6.10 Å². The van der Waals surface area contributed by atoms with Gasteiger partial charge in [-0.05, 0) is 37.3 Å². The van der Waals surface area contributed by atoms with Crippen LogP contribution < -0.4 is 4.74 Å². The largest absolute Gasteiger partial charge is 0.490 e. The number of ether oxygens (including phenoxy) is 1. The number of rotatable bonds is 3. The number of benzene rings is 1. The topological polar surface area (TPSA) is 33.0 Å². The Hall–Kier alpha value is -1.14. The van der Waals surface area contributed by atoms with Crippen molar-refractivity contribution in [2.45, 2.75) is 23.8 Å². The molecule has 3 heteroatoms. The SMILES string of the molecule is CSc1cc(OC2CC2)ccc1C#N. The highest BCUT2D eigenvalue weighted by Gasteiger charge is 2.23. The third-order valence-electron chi connectivity index (χ3n) is 2.12. The molecule has 0 heterocycles. The van der Waals surface area contributed by atoms with E-state index in [1.807, 2.05) is 24.5 Å². The second-order valence-electron chi connectivity index (χ2n) is 3.29. The normalized spacial score (nSPS) is 14.9. The minimum atomic E-state index is 0.414. The molecule has 1 fully saturated rings.